The van der Waals surface area contributed by atoms with E-state index < -0.39 is 11.9 Å². The van der Waals surface area contributed by atoms with Crippen LogP contribution in [0.1, 0.15) is 73.6 Å². The smallest absolute Gasteiger partial charge is 0.338 e. The van der Waals surface area contributed by atoms with E-state index >= 15 is 0 Å². The van der Waals surface area contributed by atoms with Gasteiger partial charge in [0.15, 0.2) is 0 Å². The summed E-state index contributed by atoms with van der Waals surface area (Å²) in [5.74, 6) is -1.52. The number of hydrogen-bond donors (Lipinski definition) is 5. The van der Waals surface area contributed by atoms with Crippen LogP contribution in [-0.2, 0) is 9.59 Å². The average molecular weight is 648 g/mol. The lowest BCUT2D eigenvalue weighted by atomic mass is 9.83. The molecule has 0 spiro atoms. The number of carboxylic acids is 2. The second-order valence-electron chi connectivity index (χ2n) is 9.28. The number of carbonyl (C=O) groups excluding carboxylic acids is 2. The minimum absolute atomic E-state index is 0.0510. The molecule has 3 aromatic rings. The van der Waals surface area contributed by atoms with Gasteiger partial charge in [0.2, 0.25) is 11.8 Å². The summed E-state index contributed by atoms with van der Waals surface area (Å²) in [4.78, 5) is 52.3. The summed E-state index contributed by atoms with van der Waals surface area (Å²) in [6.45, 7) is 4.94. The van der Waals surface area contributed by atoms with Gasteiger partial charge in [-0.25, -0.2) is 19.6 Å². The predicted molar refractivity (Wildman–Crippen MR) is 159 cm³/mol. The molecule has 0 aromatic carbocycles. The zero-order valence-corrected chi connectivity index (χ0v) is 25.4. The SMILES string of the molecule is CC(=O)Nc1cc(C(=O)O)c(-n2nccn2)cn1.CC(=O)Nc1cc(C(=O)O)c(Br)cn1.CCC1CCCCC1NC. The van der Waals surface area contributed by atoms with Crippen molar-refractivity contribution in [1.29, 1.82) is 0 Å². The molecule has 15 heteroatoms. The van der Waals surface area contributed by atoms with Gasteiger partial charge in [0, 0.05) is 26.1 Å². The molecule has 0 radical (unpaired) electrons. The van der Waals surface area contributed by atoms with Crippen molar-refractivity contribution in [2.45, 2.75) is 58.9 Å². The molecule has 2 amide bonds. The minimum atomic E-state index is -1.16. The lowest BCUT2D eigenvalue weighted by Crippen LogP contribution is -2.35. The van der Waals surface area contributed by atoms with E-state index in [0.717, 1.165) is 16.8 Å². The van der Waals surface area contributed by atoms with Crippen LogP contribution in [0.3, 0.4) is 0 Å². The fourth-order valence-electron chi connectivity index (χ4n) is 4.30. The number of anilines is 2. The van der Waals surface area contributed by atoms with E-state index in [1.165, 1.54) is 82.9 Å². The topological polar surface area (TPSA) is 201 Å². The summed E-state index contributed by atoms with van der Waals surface area (Å²) in [7, 11) is 2.10. The molecule has 2 unspecified atom stereocenters. The van der Waals surface area contributed by atoms with Gasteiger partial charge in [0.25, 0.3) is 0 Å². The van der Waals surface area contributed by atoms with Crippen LogP contribution in [0, 0.1) is 5.92 Å². The first-order valence-electron chi connectivity index (χ1n) is 13.2. The number of aromatic carboxylic acids is 2. The highest BCUT2D eigenvalue weighted by molar-refractivity contribution is 9.10. The van der Waals surface area contributed by atoms with Crippen molar-refractivity contribution in [2.75, 3.05) is 17.7 Å². The molecule has 1 saturated carbocycles. The summed E-state index contributed by atoms with van der Waals surface area (Å²) >= 11 is 3.04. The Morgan fingerprint density at radius 3 is 1.90 bits per heavy atom. The summed E-state index contributed by atoms with van der Waals surface area (Å²) < 4.78 is 0.374. The molecule has 2 atom stereocenters. The lowest BCUT2D eigenvalue weighted by molar-refractivity contribution is -0.115. The Labute approximate surface area is 251 Å². The number of nitrogens with one attached hydrogen (secondary N) is 3. The van der Waals surface area contributed by atoms with Gasteiger partial charge >= 0.3 is 11.9 Å². The first-order chi connectivity index (χ1) is 20.0. The quantitative estimate of drug-likeness (QED) is 0.248. The zero-order valence-electron chi connectivity index (χ0n) is 23.8. The molecule has 3 heterocycles. The number of hydrogen-bond acceptors (Lipinski definition) is 9. The van der Waals surface area contributed by atoms with E-state index in [4.69, 9.17) is 10.2 Å². The maximum absolute atomic E-state index is 11.1. The van der Waals surface area contributed by atoms with Crippen LogP contribution in [0.4, 0.5) is 11.6 Å². The van der Waals surface area contributed by atoms with Gasteiger partial charge in [0.05, 0.1) is 34.2 Å². The van der Waals surface area contributed by atoms with Gasteiger partial charge in [-0.1, -0.05) is 26.2 Å². The van der Waals surface area contributed by atoms with Crippen LogP contribution in [0.15, 0.2) is 41.4 Å². The molecule has 3 aromatic heterocycles. The van der Waals surface area contributed by atoms with Gasteiger partial charge < -0.3 is 26.2 Å². The Balaban J connectivity index is 0.000000230. The van der Waals surface area contributed by atoms with E-state index in [1.807, 2.05) is 0 Å². The molecule has 42 heavy (non-hydrogen) atoms. The Morgan fingerprint density at radius 1 is 0.905 bits per heavy atom. The van der Waals surface area contributed by atoms with Crippen molar-refractivity contribution < 1.29 is 29.4 Å². The van der Waals surface area contributed by atoms with Crippen molar-refractivity contribution in [3.05, 3.63) is 52.5 Å². The number of amides is 2. The molecular formula is C27H35BrN8O6. The lowest BCUT2D eigenvalue weighted by Gasteiger charge is -2.30. The van der Waals surface area contributed by atoms with Crippen molar-refractivity contribution in [1.82, 2.24) is 30.3 Å². The highest BCUT2D eigenvalue weighted by Gasteiger charge is 2.21. The van der Waals surface area contributed by atoms with Crippen LogP contribution in [0.5, 0.6) is 0 Å². The van der Waals surface area contributed by atoms with E-state index in [2.05, 4.69) is 66.0 Å². The Kier molecular flexibility index (Phi) is 13.7. The van der Waals surface area contributed by atoms with Gasteiger partial charge in [-0.15, -0.1) is 4.80 Å². The number of nitrogens with zero attached hydrogens (tertiary/aromatic N) is 5. The van der Waals surface area contributed by atoms with E-state index in [9.17, 15) is 19.2 Å². The fraction of sp³-hybridized carbons (Fsp3) is 0.407. The summed E-state index contributed by atoms with van der Waals surface area (Å²) in [6, 6.07) is 3.36. The van der Waals surface area contributed by atoms with Crippen LogP contribution in [-0.4, -0.2) is 72.0 Å². The third-order valence-corrected chi connectivity index (χ3v) is 6.88. The fourth-order valence-corrected chi connectivity index (χ4v) is 4.68. The maximum Gasteiger partial charge on any atom is 0.338 e. The molecular weight excluding hydrogens is 612 g/mol. The third kappa shape index (κ3) is 10.6. The number of pyridine rings is 2. The molecule has 0 aliphatic heterocycles. The molecule has 0 bridgehead atoms. The van der Waals surface area contributed by atoms with Crippen molar-refractivity contribution in [3.8, 4) is 5.69 Å². The van der Waals surface area contributed by atoms with Crippen LogP contribution >= 0.6 is 15.9 Å². The van der Waals surface area contributed by atoms with Crippen LogP contribution in [0.25, 0.3) is 5.69 Å². The van der Waals surface area contributed by atoms with Crippen molar-refractivity contribution in [3.63, 3.8) is 0 Å². The number of halogens is 1. The van der Waals surface area contributed by atoms with Crippen molar-refractivity contribution >= 4 is 51.3 Å². The Morgan fingerprint density at radius 2 is 1.43 bits per heavy atom. The number of aromatic nitrogens is 5. The highest BCUT2D eigenvalue weighted by atomic mass is 79.9. The summed E-state index contributed by atoms with van der Waals surface area (Å²) in [5.41, 5.74) is 0.232. The van der Waals surface area contributed by atoms with E-state index in [1.54, 1.807) is 0 Å². The molecule has 14 nitrogen and oxygen atoms in total. The van der Waals surface area contributed by atoms with E-state index in [0.29, 0.717) is 4.47 Å². The normalized spacial score (nSPS) is 15.6. The number of carboxylic acid groups (broad SMARTS) is 2. The maximum atomic E-state index is 11.1. The van der Waals surface area contributed by atoms with Crippen LogP contribution in [0.2, 0.25) is 0 Å². The molecule has 4 rings (SSSR count). The first-order valence-corrected chi connectivity index (χ1v) is 14.0. The van der Waals surface area contributed by atoms with Gasteiger partial charge in [-0.2, -0.15) is 10.2 Å². The molecule has 0 saturated heterocycles. The molecule has 1 fully saturated rings. The predicted octanol–water partition coefficient (Wildman–Crippen LogP) is 3.99. The number of carbonyl (C=O) groups is 4. The Bertz CT molecular complexity index is 1360. The van der Waals surface area contributed by atoms with Gasteiger partial charge in [0.1, 0.15) is 17.3 Å². The van der Waals surface area contributed by atoms with Gasteiger partial charge in [-0.05, 0) is 53.9 Å². The summed E-state index contributed by atoms with van der Waals surface area (Å²) in [5, 5.41) is 33.7. The van der Waals surface area contributed by atoms with Crippen molar-refractivity contribution in [2.24, 2.45) is 5.92 Å². The molecule has 1 aliphatic rings. The zero-order chi connectivity index (χ0) is 31.2. The molecule has 226 valence electrons. The third-order valence-electron chi connectivity index (χ3n) is 6.25. The number of rotatable bonds is 7. The standard InChI is InChI=1S/C10H9N5O3.C9H19N.C8H7BrN2O3/c1-6(16)14-9-4-7(10(17)18)8(5-11-9)15-12-2-3-13-15;1-3-8-6-4-5-7-9(8)10-2;1-4(12)11-7-2-5(8(13)14)6(9)3-10-7/h2-5H,1H3,(H,17,18)(H,11,14,16);8-10H,3-7H2,1-2H3;2-3H,1H3,(H,13,14)(H,10,11,12). The van der Waals surface area contributed by atoms with E-state index in [-0.39, 0.29) is 40.3 Å². The monoisotopic (exact) mass is 646 g/mol. The summed E-state index contributed by atoms with van der Waals surface area (Å²) in [6.07, 6.45) is 12.5. The minimum Gasteiger partial charge on any atom is -0.478 e. The second kappa shape index (κ2) is 16.9. The second-order valence-corrected chi connectivity index (χ2v) is 10.1. The average Bonchev–Trinajstić information content (AvgIpc) is 3.49. The Hall–Kier alpha value is -4.24. The molecule has 1 aliphatic carbocycles. The highest BCUT2D eigenvalue weighted by Crippen LogP contribution is 2.26. The van der Waals surface area contributed by atoms with Gasteiger partial charge in [-0.3, -0.25) is 9.59 Å². The van der Waals surface area contributed by atoms with Crippen LogP contribution < -0.4 is 16.0 Å². The first kappa shape index (κ1) is 34.0. The largest absolute Gasteiger partial charge is 0.478 e. The molecule has 5 N–H and O–H groups in total.